The highest BCUT2D eigenvalue weighted by molar-refractivity contribution is 7.89. The normalized spacial score (nSPS) is 15.3. The quantitative estimate of drug-likeness (QED) is 0.712. The van der Waals surface area contributed by atoms with Crippen LogP contribution in [0, 0.1) is 0 Å². The van der Waals surface area contributed by atoms with E-state index in [4.69, 9.17) is 10.2 Å². The van der Waals surface area contributed by atoms with Gasteiger partial charge in [-0.15, -0.1) is 0 Å². The lowest BCUT2D eigenvalue weighted by Gasteiger charge is -2.20. The van der Waals surface area contributed by atoms with Crippen LogP contribution in [0.1, 0.15) is 31.9 Å². The third kappa shape index (κ3) is 4.06. The largest absolute Gasteiger partial charge is 0.395 e. The van der Waals surface area contributed by atoms with Crippen molar-refractivity contribution in [2.24, 2.45) is 5.14 Å². The van der Waals surface area contributed by atoms with Crippen molar-refractivity contribution in [2.45, 2.75) is 37.2 Å². The van der Waals surface area contributed by atoms with Crippen molar-refractivity contribution in [3.8, 4) is 0 Å². The Morgan fingerprint density at radius 1 is 1.33 bits per heavy atom. The summed E-state index contributed by atoms with van der Waals surface area (Å²) in [5.74, 6) is 0. The number of sulfonamides is 1. The lowest BCUT2D eigenvalue weighted by atomic mass is 10.1. The summed E-state index contributed by atoms with van der Waals surface area (Å²) < 4.78 is 22.2. The monoisotopic (exact) mass is 272 g/mol. The first kappa shape index (κ1) is 15.1. The molecule has 1 unspecified atom stereocenters. The van der Waals surface area contributed by atoms with E-state index >= 15 is 0 Å². The van der Waals surface area contributed by atoms with Gasteiger partial charge in [0.1, 0.15) is 0 Å². The van der Waals surface area contributed by atoms with E-state index in [1.807, 2.05) is 13.8 Å². The summed E-state index contributed by atoms with van der Waals surface area (Å²) in [6, 6.07) is 6.50. The molecule has 0 amide bonds. The third-order valence-corrected chi connectivity index (χ3v) is 3.84. The zero-order valence-corrected chi connectivity index (χ0v) is 11.4. The molecule has 0 bridgehead atoms. The van der Waals surface area contributed by atoms with Crippen LogP contribution in [0.25, 0.3) is 0 Å². The standard InChI is InChI=1S/C12H20N2O3S/c1-3-11(8-15)14-9(2)10-4-6-12(7-5-10)18(13,16)17/h4-7,9,11,14-15H,3,8H2,1-2H3,(H2,13,16,17)/t9?,11-/m0/s1. The molecule has 0 aliphatic carbocycles. The molecular weight excluding hydrogens is 252 g/mol. The minimum atomic E-state index is -3.64. The molecule has 0 aromatic heterocycles. The van der Waals surface area contributed by atoms with E-state index < -0.39 is 10.0 Å². The molecule has 6 heteroatoms. The maximum atomic E-state index is 11.1. The molecule has 2 atom stereocenters. The van der Waals surface area contributed by atoms with Crippen molar-refractivity contribution in [3.05, 3.63) is 29.8 Å². The number of nitrogens with one attached hydrogen (secondary N) is 1. The van der Waals surface area contributed by atoms with Gasteiger partial charge in [-0.3, -0.25) is 0 Å². The number of hydrogen-bond acceptors (Lipinski definition) is 4. The minimum absolute atomic E-state index is 0.0385. The summed E-state index contributed by atoms with van der Waals surface area (Å²) in [6.45, 7) is 4.03. The molecule has 1 aromatic carbocycles. The van der Waals surface area contributed by atoms with Crippen molar-refractivity contribution >= 4 is 10.0 Å². The number of nitrogens with two attached hydrogens (primary N) is 1. The zero-order chi connectivity index (χ0) is 13.8. The van der Waals surface area contributed by atoms with Gasteiger partial charge >= 0.3 is 0 Å². The average molecular weight is 272 g/mol. The van der Waals surface area contributed by atoms with E-state index in [-0.39, 0.29) is 23.6 Å². The van der Waals surface area contributed by atoms with Crippen molar-refractivity contribution in [2.75, 3.05) is 6.61 Å². The predicted octanol–water partition coefficient (Wildman–Crippen LogP) is 0.756. The highest BCUT2D eigenvalue weighted by Gasteiger charge is 2.12. The fourth-order valence-electron chi connectivity index (χ4n) is 1.70. The molecule has 0 saturated heterocycles. The maximum absolute atomic E-state index is 11.1. The van der Waals surface area contributed by atoms with Gasteiger partial charge in [0, 0.05) is 12.1 Å². The number of aliphatic hydroxyl groups is 1. The minimum Gasteiger partial charge on any atom is -0.395 e. The highest BCUT2D eigenvalue weighted by Crippen LogP contribution is 2.16. The molecule has 0 aliphatic heterocycles. The summed E-state index contributed by atoms with van der Waals surface area (Å²) in [6.07, 6.45) is 0.829. The Balaban J connectivity index is 2.79. The molecule has 0 spiro atoms. The first-order chi connectivity index (χ1) is 8.38. The smallest absolute Gasteiger partial charge is 0.238 e. The molecular formula is C12H20N2O3S. The van der Waals surface area contributed by atoms with Crippen molar-refractivity contribution < 1.29 is 13.5 Å². The molecule has 0 fully saturated rings. The van der Waals surface area contributed by atoms with Crippen LogP contribution in [0.3, 0.4) is 0 Å². The van der Waals surface area contributed by atoms with Gasteiger partial charge in [0.05, 0.1) is 11.5 Å². The Morgan fingerprint density at radius 3 is 2.28 bits per heavy atom. The topological polar surface area (TPSA) is 92.4 Å². The Morgan fingerprint density at radius 2 is 1.89 bits per heavy atom. The van der Waals surface area contributed by atoms with Crippen LogP contribution in [0.2, 0.25) is 0 Å². The molecule has 102 valence electrons. The van der Waals surface area contributed by atoms with Crippen molar-refractivity contribution in [1.29, 1.82) is 0 Å². The molecule has 1 rings (SSSR count). The molecule has 0 saturated carbocycles. The molecule has 0 heterocycles. The van der Waals surface area contributed by atoms with Crippen LogP contribution in [0.15, 0.2) is 29.2 Å². The predicted molar refractivity (Wildman–Crippen MR) is 70.5 cm³/mol. The second-order valence-electron chi connectivity index (χ2n) is 4.29. The van der Waals surface area contributed by atoms with E-state index in [2.05, 4.69) is 5.32 Å². The van der Waals surface area contributed by atoms with Gasteiger partial charge < -0.3 is 10.4 Å². The van der Waals surface area contributed by atoms with Crippen molar-refractivity contribution in [1.82, 2.24) is 5.32 Å². The van der Waals surface area contributed by atoms with Gasteiger partial charge in [-0.25, -0.2) is 13.6 Å². The summed E-state index contributed by atoms with van der Waals surface area (Å²) in [7, 11) is -3.64. The van der Waals surface area contributed by atoms with Gasteiger partial charge in [0.2, 0.25) is 10.0 Å². The lowest BCUT2D eigenvalue weighted by molar-refractivity contribution is 0.230. The number of rotatable bonds is 6. The molecule has 0 radical (unpaired) electrons. The first-order valence-electron chi connectivity index (χ1n) is 5.88. The molecule has 4 N–H and O–H groups in total. The lowest BCUT2D eigenvalue weighted by Crippen LogP contribution is -2.33. The van der Waals surface area contributed by atoms with Crippen molar-refractivity contribution in [3.63, 3.8) is 0 Å². The SMILES string of the molecule is CC[C@@H](CO)NC(C)c1ccc(S(N)(=O)=O)cc1. The second-order valence-corrected chi connectivity index (χ2v) is 5.85. The molecule has 18 heavy (non-hydrogen) atoms. The second kappa shape index (κ2) is 6.29. The molecule has 0 aliphatic rings. The Labute approximate surface area is 108 Å². The zero-order valence-electron chi connectivity index (χ0n) is 10.6. The van der Waals surface area contributed by atoms with Crippen LogP contribution in [-0.4, -0.2) is 26.2 Å². The van der Waals surface area contributed by atoms with Crippen LogP contribution in [-0.2, 0) is 10.0 Å². The van der Waals surface area contributed by atoms with Crippen LogP contribution < -0.4 is 10.5 Å². The van der Waals surface area contributed by atoms with E-state index in [9.17, 15) is 8.42 Å². The Bertz CT molecular complexity index is 467. The van der Waals surface area contributed by atoms with E-state index in [0.29, 0.717) is 0 Å². The van der Waals surface area contributed by atoms with E-state index in [0.717, 1.165) is 12.0 Å². The van der Waals surface area contributed by atoms with Gasteiger partial charge in [-0.2, -0.15) is 0 Å². The number of hydrogen-bond donors (Lipinski definition) is 3. The van der Waals surface area contributed by atoms with Gasteiger partial charge in [-0.1, -0.05) is 19.1 Å². The summed E-state index contributed by atoms with van der Waals surface area (Å²) in [5.41, 5.74) is 0.953. The van der Waals surface area contributed by atoms with Gasteiger partial charge in [-0.05, 0) is 31.0 Å². The Kier molecular flexibility index (Phi) is 5.28. The maximum Gasteiger partial charge on any atom is 0.238 e. The van der Waals surface area contributed by atoms with Crippen LogP contribution >= 0.6 is 0 Å². The Hall–Kier alpha value is -0.950. The fraction of sp³-hybridized carbons (Fsp3) is 0.500. The van der Waals surface area contributed by atoms with Gasteiger partial charge in [0.15, 0.2) is 0 Å². The highest BCUT2D eigenvalue weighted by atomic mass is 32.2. The van der Waals surface area contributed by atoms with Gasteiger partial charge in [0.25, 0.3) is 0 Å². The number of benzene rings is 1. The number of aliphatic hydroxyl groups excluding tert-OH is 1. The van der Waals surface area contributed by atoms with E-state index in [1.54, 1.807) is 12.1 Å². The van der Waals surface area contributed by atoms with Crippen LogP contribution in [0.5, 0.6) is 0 Å². The number of primary sulfonamides is 1. The summed E-state index contributed by atoms with van der Waals surface area (Å²) in [4.78, 5) is 0.104. The first-order valence-corrected chi connectivity index (χ1v) is 7.42. The third-order valence-electron chi connectivity index (χ3n) is 2.91. The van der Waals surface area contributed by atoms with E-state index in [1.165, 1.54) is 12.1 Å². The molecule has 1 aromatic rings. The van der Waals surface area contributed by atoms with Crippen LogP contribution in [0.4, 0.5) is 0 Å². The average Bonchev–Trinajstić information content (AvgIpc) is 2.34. The summed E-state index contributed by atoms with van der Waals surface area (Å²) in [5, 5.41) is 17.4. The summed E-state index contributed by atoms with van der Waals surface area (Å²) >= 11 is 0. The molecule has 5 nitrogen and oxygen atoms in total. The fourth-order valence-corrected chi connectivity index (χ4v) is 2.21.